The van der Waals surface area contributed by atoms with E-state index in [1.807, 2.05) is 31.2 Å². The topological polar surface area (TPSA) is 39.7 Å². The maximum atomic E-state index is 5.74. The van der Waals surface area contributed by atoms with Crippen molar-refractivity contribution in [1.29, 1.82) is 0 Å². The number of hydrogen-bond acceptors (Lipinski definition) is 4. The van der Waals surface area contributed by atoms with E-state index in [0.717, 1.165) is 43.9 Å². The van der Waals surface area contributed by atoms with Gasteiger partial charge in [0, 0.05) is 23.1 Å². The third kappa shape index (κ3) is 4.57. The van der Waals surface area contributed by atoms with Crippen molar-refractivity contribution >= 4 is 44.3 Å². The molecule has 1 aliphatic rings. The average molecular weight is 480 g/mol. The number of benzene rings is 2. The highest BCUT2D eigenvalue weighted by Gasteiger charge is 2.13. The smallest absolute Gasteiger partial charge is 0.231 e. The minimum absolute atomic E-state index is 0. The molecule has 0 saturated heterocycles. The average Bonchev–Trinajstić information content (AvgIpc) is 2.98. The SMILES string of the molecule is CCOc1c(Br)cc(Br)cc1CNCc1ccc2c(c1)OCO2.Cl. The minimum Gasteiger partial charge on any atom is -0.492 e. The number of hydrogen-bond donors (Lipinski definition) is 1. The molecule has 2 aromatic rings. The van der Waals surface area contributed by atoms with E-state index in [1.54, 1.807) is 0 Å². The molecule has 130 valence electrons. The van der Waals surface area contributed by atoms with Gasteiger partial charge in [0.1, 0.15) is 5.75 Å². The minimum atomic E-state index is 0. The number of fused-ring (bicyclic) bond motifs is 1. The summed E-state index contributed by atoms with van der Waals surface area (Å²) in [6.07, 6.45) is 0. The molecule has 0 fully saturated rings. The van der Waals surface area contributed by atoms with Gasteiger partial charge in [-0.1, -0.05) is 22.0 Å². The first-order valence-corrected chi connectivity index (χ1v) is 8.96. The fourth-order valence-corrected chi connectivity index (χ4v) is 3.87. The zero-order chi connectivity index (χ0) is 16.2. The molecule has 3 rings (SSSR count). The summed E-state index contributed by atoms with van der Waals surface area (Å²) >= 11 is 7.08. The number of ether oxygens (including phenoxy) is 3. The second kappa shape index (κ2) is 8.94. The molecule has 0 amide bonds. The van der Waals surface area contributed by atoms with Crippen LogP contribution in [0, 0.1) is 0 Å². The Hall–Kier alpha value is -0.950. The molecule has 4 nitrogen and oxygen atoms in total. The van der Waals surface area contributed by atoms with Crippen LogP contribution < -0.4 is 19.5 Å². The van der Waals surface area contributed by atoms with Crippen molar-refractivity contribution < 1.29 is 14.2 Å². The highest BCUT2D eigenvalue weighted by Crippen LogP contribution is 2.34. The summed E-state index contributed by atoms with van der Waals surface area (Å²) < 4.78 is 18.4. The maximum Gasteiger partial charge on any atom is 0.231 e. The van der Waals surface area contributed by atoms with Crippen molar-refractivity contribution in [1.82, 2.24) is 5.32 Å². The van der Waals surface area contributed by atoms with Crippen LogP contribution in [-0.2, 0) is 13.1 Å². The molecular weight excluding hydrogens is 461 g/mol. The van der Waals surface area contributed by atoms with Gasteiger partial charge in [-0.05, 0) is 52.7 Å². The fraction of sp³-hybridized carbons (Fsp3) is 0.294. The zero-order valence-electron chi connectivity index (χ0n) is 13.1. The summed E-state index contributed by atoms with van der Waals surface area (Å²) in [5.41, 5.74) is 2.26. The zero-order valence-corrected chi connectivity index (χ0v) is 17.1. The molecule has 0 unspecified atom stereocenters. The van der Waals surface area contributed by atoms with Gasteiger partial charge in [-0.15, -0.1) is 12.4 Å². The molecule has 0 atom stereocenters. The molecule has 0 radical (unpaired) electrons. The summed E-state index contributed by atoms with van der Waals surface area (Å²) in [7, 11) is 0. The first-order valence-electron chi connectivity index (χ1n) is 7.37. The Balaban J connectivity index is 0.00000208. The van der Waals surface area contributed by atoms with Gasteiger partial charge in [0.15, 0.2) is 11.5 Å². The highest BCUT2D eigenvalue weighted by atomic mass is 79.9. The lowest BCUT2D eigenvalue weighted by Crippen LogP contribution is -2.14. The Kier molecular flexibility index (Phi) is 7.22. The fourth-order valence-electron chi connectivity index (χ4n) is 2.44. The van der Waals surface area contributed by atoms with Crippen molar-refractivity contribution in [3.05, 3.63) is 50.4 Å². The lowest BCUT2D eigenvalue weighted by Gasteiger charge is -2.14. The molecule has 2 aromatic carbocycles. The number of rotatable bonds is 6. The molecule has 1 heterocycles. The molecule has 0 bridgehead atoms. The van der Waals surface area contributed by atoms with Crippen molar-refractivity contribution in [2.75, 3.05) is 13.4 Å². The van der Waals surface area contributed by atoms with E-state index in [0.29, 0.717) is 19.9 Å². The predicted octanol–water partition coefficient (Wildman–Crippen LogP) is 5.05. The van der Waals surface area contributed by atoms with Gasteiger partial charge in [0.2, 0.25) is 6.79 Å². The Morgan fingerprint density at radius 2 is 1.88 bits per heavy atom. The van der Waals surface area contributed by atoms with Crippen LogP contribution >= 0.6 is 44.3 Å². The monoisotopic (exact) mass is 477 g/mol. The third-order valence-electron chi connectivity index (χ3n) is 3.46. The van der Waals surface area contributed by atoms with Gasteiger partial charge >= 0.3 is 0 Å². The van der Waals surface area contributed by atoms with Crippen LogP contribution in [0.15, 0.2) is 39.3 Å². The van der Waals surface area contributed by atoms with Crippen LogP contribution in [0.25, 0.3) is 0 Å². The van der Waals surface area contributed by atoms with Crippen LogP contribution in [0.1, 0.15) is 18.1 Å². The number of nitrogens with one attached hydrogen (secondary N) is 1. The first kappa shape index (κ1) is 19.4. The first-order chi connectivity index (χ1) is 11.2. The van der Waals surface area contributed by atoms with Crippen molar-refractivity contribution in [3.63, 3.8) is 0 Å². The van der Waals surface area contributed by atoms with Crippen LogP contribution in [0.4, 0.5) is 0 Å². The van der Waals surface area contributed by atoms with E-state index < -0.39 is 0 Å². The quantitative estimate of drug-likeness (QED) is 0.630. The van der Waals surface area contributed by atoms with Crippen molar-refractivity contribution in [2.24, 2.45) is 0 Å². The Morgan fingerprint density at radius 1 is 1.08 bits per heavy atom. The van der Waals surface area contributed by atoms with Gasteiger partial charge in [-0.25, -0.2) is 0 Å². The van der Waals surface area contributed by atoms with E-state index in [1.165, 1.54) is 0 Å². The molecule has 0 saturated carbocycles. The van der Waals surface area contributed by atoms with Crippen LogP contribution in [-0.4, -0.2) is 13.4 Å². The standard InChI is InChI=1S/C17H17Br2NO3.ClH/c1-2-21-17-12(6-13(18)7-14(17)19)9-20-8-11-3-4-15-16(5-11)23-10-22-15;/h3-7,20H,2,8-10H2,1H3;1H. The normalized spacial score (nSPS) is 12.0. The van der Waals surface area contributed by atoms with E-state index in [-0.39, 0.29) is 12.4 Å². The molecule has 0 aliphatic carbocycles. The van der Waals surface area contributed by atoms with Crippen molar-refractivity contribution in [2.45, 2.75) is 20.0 Å². The Bertz CT molecular complexity index is 712. The van der Waals surface area contributed by atoms with Gasteiger partial charge in [-0.3, -0.25) is 0 Å². The van der Waals surface area contributed by atoms with Gasteiger partial charge < -0.3 is 19.5 Å². The summed E-state index contributed by atoms with van der Waals surface area (Å²) in [5.74, 6) is 2.50. The highest BCUT2D eigenvalue weighted by molar-refractivity contribution is 9.11. The van der Waals surface area contributed by atoms with Gasteiger partial charge in [0.05, 0.1) is 11.1 Å². The van der Waals surface area contributed by atoms with E-state index in [4.69, 9.17) is 14.2 Å². The second-order valence-electron chi connectivity index (χ2n) is 5.10. The summed E-state index contributed by atoms with van der Waals surface area (Å²) in [4.78, 5) is 0. The molecule has 1 N–H and O–H groups in total. The number of halogens is 3. The molecule has 24 heavy (non-hydrogen) atoms. The van der Waals surface area contributed by atoms with E-state index in [2.05, 4.69) is 43.2 Å². The van der Waals surface area contributed by atoms with E-state index in [9.17, 15) is 0 Å². The third-order valence-corrected chi connectivity index (χ3v) is 4.50. The lowest BCUT2D eigenvalue weighted by molar-refractivity contribution is 0.174. The second-order valence-corrected chi connectivity index (χ2v) is 6.87. The van der Waals surface area contributed by atoms with Crippen molar-refractivity contribution in [3.8, 4) is 17.2 Å². The molecule has 7 heteroatoms. The largest absolute Gasteiger partial charge is 0.492 e. The predicted molar refractivity (Wildman–Crippen MR) is 103 cm³/mol. The molecule has 0 spiro atoms. The lowest BCUT2D eigenvalue weighted by atomic mass is 10.1. The molecule has 0 aromatic heterocycles. The van der Waals surface area contributed by atoms with Crippen LogP contribution in [0.5, 0.6) is 17.2 Å². The maximum absolute atomic E-state index is 5.74. The van der Waals surface area contributed by atoms with Crippen LogP contribution in [0.2, 0.25) is 0 Å². The van der Waals surface area contributed by atoms with Crippen LogP contribution in [0.3, 0.4) is 0 Å². The Labute approximate surface area is 164 Å². The molecular formula is C17H18Br2ClNO3. The summed E-state index contributed by atoms with van der Waals surface area (Å²) in [5, 5.41) is 3.44. The summed E-state index contributed by atoms with van der Waals surface area (Å²) in [6.45, 7) is 4.37. The van der Waals surface area contributed by atoms with Gasteiger partial charge in [-0.2, -0.15) is 0 Å². The Morgan fingerprint density at radius 3 is 2.67 bits per heavy atom. The molecule has 1 aliphatic heterocycles. The van der Waals surface area contributed by atoms with E-state index >= 15 is 0 Å². The van der Waals surface area contributed by atoms with Gasteiger partial charge in [0.25, 0.3) is 0 Å². The summed E-state index contributed by atoms with van der Waals surface area (Å²) in [6, 6.07) is 10.1.